The van der Waals surface area contributed by atoms with Crippen molar-refractivity contribution in [2.45, 2.75) is 13.8 Å². The number of hydrazine groups is 1. The third-order valence-electron chi connectivity index (χ3n) is 2.26. The van der Waals surface area contributed by atoms with Gasteiger partial charge in [0.15, 0.2) is 10.2 Å². The first kappa shape index (κ1) is 17.2. The van der Waals surface area contributed by atoms with E-state index in [9.17, 15) is 0 Å². The Bertz CT molecular complexity index is 502. The van der Waals surface area contributed by atoms with Crippen molar-refractivity contribution in [2.24, 2.45) is 0 Å². The second kappa shape index (κ2) is 9.15. The van der Waals surface area contributed by atoms with Gasteiger partial charge in [-0.1, -0.05) is 12.2 Å². The highest BCUT2D eigenvalue weighted by molar-refractivity contribution is 7.80. The lowest BCUT2D eigenvalue weighted by atomic mass is 10.3. The maximum absolute atomic E-state index is 5.37. The van der Waals surface area contributed by atoms with Crippen LogP contribution in [0.15, 0.2) is 36.4 Å². The first-order chi connectivity index (χ1) is 10.0. The van der Waals surface area contributed by atoms with Gasteiger partial charge < -0.3 is 15.4 Å². The van der Waals surface area contributed by atoms with Crippen molar-refractivity contribution >= 4 is 40.3 Å². The summed E-state index contributed by atoms with van der Waals surface area (Å²) in [6.45, 7) is 8.91. The molecule has 0 spiro atoms. The molecule has 21 heavy (non-hydrogen) atoms. The summed E-state index contributed by atoms with van der Waals surface area (Å²) in [4.78, 5) is 0. The zero-order valence-corrected chi connectivity index (χ0v) is 13.8. The van der Waals surface area contributed by atoms with Crippen LogP contribution in [0.25, 0.3) is 0 Å². The second-order valence-electron chi connectivity index (χ2n) is 4.30. The van der Waals surface area contributed by atoms with E-state index in [1.165, 1.54) is 0 Å². The van der Waals surface area contributed by atoms with E-state index < -0.39 is 0 Å². The van der Waals surface area contributed by atoms with Gasteiger partial charge in [-0.3, -0.25) is 10.9 Å². The fourth-order valence-electron chi connectivity index (χ4n) is 1.35. The van der Waals surface area contributed by atoms with Gasteiger partial charge in [0.1, 0.15) is 5.75 Å². The molecule has 0 amide bonds. The average Bonchev–Trinajstić information content (AvgIpc) is 2.45. The van der Waals surface area contributed by atoms with Gasteiger partial charge in [-0.15, -0.1) is 0 Å². The largest absolute Gasteiger partial charge is 0.494 e. The minimum absolute atomic E-state index is 0.415. The first-order valence-corrected chi connectivity index (χ1v) is 7.31. The molecule has 0 aliphatic heterocycles. The van der Waals surface area contributed by atoms with Crippen LogP contribution < -0.4 is 26.2 Å². The van der Waals surface area contributed by atoms with E-state index >= 15 is 0 Å². The molecule has 0 unspecified atom stereocenters. The smallest absolute Gasteiger partial charge is 0.189 e. The van der Waals surface area contributed by atoms with E-state index in [4.69, 9.17) is 29.2 Å². The summed E-state index contributed by atoms with van der Waals surface area (Å²) in [5.74, 6) is 0.824. The van der Waals surface area contributed by atoms with Crippen molar-refractivity contribution < 1.29 is 4.74 Å². The quantitative estimate of drug-likeness (QED) is 0.377. The van der Waals surface area contributed by atoms with Crippen LogP contribution in [0.1, 0.15) is 13.8 Å². The van der Waals surface area contributed by atoms with Gasteiger partial charge in [0.2, 0.25) is 0 Å². The fraction of sp³-hybridized carbons (Fsp3) is 0.286. The Hall–Kier alpha value is -1.86. The summed E-state index contributed by atoms with van der Waals surface area (Å²) in [6, 6.07) is 7.52. The molecule has 0 heterocycles. The van der Waals surface area contributed by atoms with E-state index in [0.29, 0.717) is 23.4 Å². The minimum atomic E-state index is 0.415. The molecule has 0 bridgehead atoms. The monoisotopic (exact) mass is 324 g/mol. The van der Waals surface area contributed by atoms with E-state index in [1.807, 2.05) is 38.1 Å². The predicted molar refractivity (Wildman–Crippen MR) is 95.5 cm³/mol. The molecule has 1 aromatic rings. The van der Waals surface area contributed by atoms with E-state index in [2.05, 4.69) is 28.1 Å². The number of hydrogen-bond donors (Lipinski definition) is 4. The predicted octanol–water partition coefficient (Wildman–Crippen LogP) is 2.33. The van der Waals surface area contributed by atoms with Crippen molar-refractivity contribution in [3.05, 3.63) is 36.4 Å². The van der Waals surface area contributed by atoms with Crippen LogP contribution in [0, 0.1) is 0 Å². The van der Waals surface area contributed by atoms with E-state index in [1.54, 1.807) is 0 Å². The minimum Gasteiger partial charge on any atom is -0.494 e. The average molecular weight is 324 g/mol. The Morgan fingerprint density at radius 1 is 1.14 bits per heavy atom. The van der Waals surface area contributed by atoms with Crippen LogP contribution in [-0.2, 0) is 0 Å². The number of hydrogen-bond acceptors (Lipinski definition) is 3. The number of nitrogens with one attached hydrogen (secondary N) is 4. The van der Waals surface area contributed by atoms with Crippen LogP contribution in [-0.4, -0.2) is 23.4 Å². The molecule has 0 saturated heterocycles. The van der Waals surface area contributed by atoms with E-state index in [-0.39, 0.29) is 0 Å². The lowest BCUT2D eigenvalue weighted by Crippen LogP contribution is -2.48. The molecule has 0 saturated carbocycles. The Morgan fingerprint density at radius 3 is 2.33 bits per heavy atom. The van der Waals surface area contributed by atoms with Crippen LogP contribution >= 0.6 is 24.4 Å². The Kier molecular flexibility index (Phi) is 7.49. The standard InChI is InChI=1S/C14H20N4OS2/c1-4-19-12-7-5-11(6-8-12)16-14(21)18-17-13(20)15-9-10(2)3/h5-8H,2,4,9H2,1,3H3,(H2,15,17,20)(H2,16,18,21). The summed E-state index contributed by atoms with van der Waals surface area (Å²) in [5.41, 5.74) is 7.45. The highest BCUT2D eigenvalue weighted by atomic mass is 32.1. The molecule has 1 rings (SSSR count). The SMILES string of the molecule is C=C(C)CNC(=S)NNC(=S)Nc1ccc(OCC)cc1. The number of ether oxygens (including phenoxy) is 1. The van der Waals surface area contributed by atoms with Gasteiger partial charge in [-0.25, -0.2) is 0 Å². The molecule has 7 heteroatoms. The Morgan fingerprint density at radius 2 is 1.76 bits per heavy atom. The molecule has 0 aliphatic rings. The number of rotatable bonds is 5. The molecule has 4 N–H and O–H groups in total. The molecule has 5 nitrogen and oxygen atoms in total. The van der Waals surface area contributed by atoms with Gasteiger partial charge in [0.05, 0.1) is 6.61 Å². The highest BCUT2D eigenvalue weighted by Crippen LogP contribution is 2.15. The van der Waals surface area contributed by atoms with Crippen molar-refractivity contribution in [1.29, 1.82) is 0 Å². The normalized spacial score (nSPS) is 9.43. The van der Waals surface area contributed by atoms with Crippen molar-refractivity contribution in [3.63, 3.8) is 0 Å². The zero-order valence-electron chi connectivity index (χ0n) is 12.2. The first-order valence-electron chi connectivity index (χ1n) is 6.49. The third kappa shape index (κ3) is 7.48. The molecule has 0 radical (unpaired) electrons. The Labute approximate surface area is 136 Å². The molecule has 0 atom stereocenters. The van der Waals surface area contributed by atoms with Crippen molar-refractivity contribution in [1.82, 2.24) is 16.2 Å². The number of anilines is 1. The van der Waals surface area contributed by atoms with Crippen molar-refractivity contribution in [3.8, 4) is 5.75 Å². The lowest BCUT2D eigenvalue weighted by molar-refractivity contribution is 0.340. The third-order valence-corrected chi connectivity index (χ3v) is 2.71. The number of thiocarbonyl (C=S) groups is 2. The van der Waals surface area contributed by atoms with Gasteiger partial charge in [0.25, 0.3) is 0 Å². The van der Waals surface area contributed by atoms with Crippen LogP contribution in [0.2, 0.25) is 0 Å². The van der Waals surface area contributed by atoms with Crippen LogP contribution in [0.5, 0.6) is 5.75 Å². The molecule has 114 valence electrons. The van der Waals surface area contributed by atoms with Crippen LogP contribution in [0.3, 0.4) is 0 Å². The van der Waals surface area contributed by atoms with Crippen LogP contribution in [0.4, 0.5) is 5.69 Å². The molecular weight excluding hydrogens is 304 g/mol. The summed E-state index contributed by atoms with van der Waals surface area (Å²) < 4.78 is 5.37. The maximum atomic E-state index is 5.37. The second-order valence-corrected chi connectivity index (χ2v) is 5.12. The zero-order chi connectivity index (χ0) is 15.7. The fourth-order valence-corrected chi connectivity index (χ4v) is 1.64. The molecular formula is C14H20N4OS2. The Balaban J connectivity index is 2.33. The van der Waals surface area contributed by atoms with E-state index in [0.717, 1.165) is 17.0 Å². The molecule has 1 aromatic carbocycles. The number of benzene rings is 1. The van der Waals surface area contributed by atoms with Gasteiger partial charge in [0, 0.05) is 12.2 Å². The topological polar surface area (TPSA) is 57.3 Å². The molecule has 0 fully saturated rings. The highest BCUT2D eigenvalue weighted by Gasteiger charge is 1.99. The molecule has 0 aromatic heterocycles. The van der Waals surface area contributed by atoms with Gasteiger partial charge in [-0.05, 0) is 62.5 Å². The van der Waals surface area contributed by atoms with Gasteiger partial charge >= 0.3 is 0 Å². The lowest BCUT2D eigenvalue weighted by Gasteiger charge is -2.14. The van der Waals surface area contributed by atoms with Gasteiger partial charge in [-0.2, -0.15) is 0 Å². The summed E-state index contributed by atoms with van der Waals surface area (Å²) in [5, 5.41) is 6.87. The maximum Gasteiger partial charge on any atom is 0.189 e. The summed E-state index contributed by atoms with van der Waals surface area (Å²) in [7, 11) is 0. The summed E-state index contributed by atoms with van der Waals surface area (Å²) in [6.07, 6.45) is 0. The molecule has 0 aliphatic carbocycles. The van der Waals surface area contributed by atoms with Crippen molar-refractivity contribution in [2.75, 3.05) is 18.5 Å². The summed E-state index contributed by atoms with van der Waals surface area (Å²) >= 11 is 10.2.